The Balaban J connectivity index is 1.42. The van der Waals surface area contributed by atoms with E-state index < -0.39 is 0 Å². The van der Waals surface area contributed by atoms with Crippen LogP contribution in [0.5, 0.6) is 0 Å². The predicted molar refractivity (Wildman–Crippen MR) is 99.7 cm³/mol. The molecule has 2 heterocycles. The molecule has 2 aromatic carbocycles. The number of amides is 1. The molecule has 2 aromatic rings. The first-order valence-electron chi connectivity index (χ1n) is 8.38. The second kappa shape index (κ2) is 6.76. The average molecular weight is 333 g/mol. The fraction of sp³-hybridized carbons (Fsp3) is 0.211. The Kier molecular flexibility index (Phi) is 4.16. The molecular weight excluding hydrogens is 314 g/mol. The molecule has 0 saturated heterocycles. The molecule has 0 unspecified atom stereocenters. The van der Waals surface area contributed by atoms with Crippen LogP contribution in [-0.4, -0.2) is 43.8 Å². The van der Waals surface area contributed by atoms with Crippen molar-refractivity contribution in [1.29, 1.82) is 0 Å². The molecule has 1 amide bonds. The molecule has 4 rings (SSSR count). The lowest BCUT2D eigenvalue weighted by molar-refractivity contribution is 0.102. The van der Waals surface area contributed by atoms with Crippen LogP contribution in [0.1, 0.15) is 21.5 Å². The van der Waals surface area contributed by atoms with Crippen LogP contribution >= 0.6 is 0 Å². The number of aliphatic imine (C=N–C) groups is 2. The summed E-state index contributed by atoms with van der Waals surface area (Å²) in [4.78, 5) is 21.2. The number of hydrogen-bond acceptors (Lipinski definition) is 5. The molecule has 126 valence electrons. The van der Waals surface area contributed by atoms with Gasteiger partial charge in [0, 0.05) is 35.5 Å². The highest BCUT2D eigenvalue weighted by Gasteiger charge is 2.11. The summed E-state index contributed by atoms with van der Waals surface area (Å²) in [5.41, 5.74) is 3.42. The van der Waals surface area contributed by atoms with Crippen molar-refractivity contribution in [2.75, 3.05) is 31.5 Å². The van der Waals surface area contributed by atoms with Crippen LogP contribution < -0.4 is 16.0 Å². The van der Waals surface area contributed by atoms with Gasteiger partial charge in [0.05, 0.1) is 13.1 Å². The maximum atomic E-state index is 12.4. The van der Waals surface area contributed by atoms with Crippen LogP contribution in [0.2, 0.25) is 0 Å². The third kappa shape index (κ3) is 3.38. The minimum absolute atomic E-state index is 0.128. The zero-order valence-electron chi connectivity index (χ0n) is 13.7. The molecule has 0 radical (unpaired) electrons. The van der Waals surface area contributed by atoms with Crippen LogP contribution in [-0.2, 0) is 0 Å². The summed E-state index contributed by atoms with van der Waals surface area (Å²) in [6, 6.07) is 15.2. The van der Waals surface area contributed by atoms with E-state index in [1.807, 2.05) is 48.5 Å². The number of nitrogens with zero attached hydrogens (tertiary/aromatic N) is 2. The second-order valence-corrected chi connectivity index (χ2v) is 5.92. The number of hydrogen-bond donors (Lipinski definition) is 3. The fourth-order valence-electron chi connectivity index (χ4n) is 2.88. The molecule has 6 nitrogen and oxygen atoms in total. The molecule has 0 fully saturated rings. The van der Waals surface area contributed by atoms with Crippen molar-refractivity contribution < 1.29 is 4.79 Å². The number of anilines is 1. The molecule has 0 spiro atoms. The van der Waals surface area contributed by atoms with E-state index in [2.05, 4.69) is 25.9 Å². The summed E-state index contributed by atoms with van der Waals surface area (Å²) in [5.74, 6) is 1.68. The monoisotopic (exact) mass is 333 g/mol. The van der Waals surface area contributed by atoms with Gasteiger partial charge in [-0.15, -0.1) is 0 Å². The Morgan fingerprint density at radius 2 is 1.32 bits per heavy atom. The minimum Gasteiger partial charge on any atom is -0.368 e. The smallest absolute Gasteiger partial charge is 0.255 e. The highest BCUT2D eigenvalue weighted by atomic mass is 16.1. The van der Waals surface area contributed by atoms with Gasteiger partial charge < -0.3 is 16.0 Å². The third-order valence-corrected chi connectivity index (χ3v) is 4.19. The molecule has 3 N–H and O–H groups in total. The summed E-state index contributed by atoms with van der Waals surface area (Å²) in [5, 5.41) is 9.38. The lowest BCUT2D eigenvalue weighted by Crippen LogP contribution is -2.20. The summed E-state index contributed by atoms with van der Waals surface area (Å²) < 4.78 is 0. The van der Waals surface area contributed by atoms with Crippen molar-refractivity contribution in [1.82, 2.24) is 10.6 Å². The predicted octanol–water partition coefficient (Wildman–Crippen LogP) is 1.64. The molecule has 6 heteroatoms. The summed E-state index contributed by atoms with van der Waals surface area (Å²) in [6.07, 6.45) is 0. The van der Waals surface area contributed by atoms with Crippen LogP contribution in [0.3, 0.4) is 0 Å². The van der Waals surface area contributed by atoms with Gasteiger partial charge in [-0.2, -0.15) is 0 Å². The number of amidine groups is 2. The molecule has 0 saturated carbocycles. The molecule has 0 atom stereocenters. The van der Waals surface area contributed by atoms with Gasteiger partial charge >= 0.3 is 0 Å². The van der Waals surface area contributed by atoms with Gasteiger partial charge in [-0.25, -0.2) is 0 Å². The number of carbonyl (C=O) groups is 1. The largest absolute Gasteiger partial charge is 0.368 e. The van der Waals surface area contributed by atoms with Crippen molar-refractivity contribution >= 4 is 23.3 Å². The van der Waals surface area contributed by atoms with E-state index in [0.717, 1.165) is 54.7 Å². The van der Waals surface area contributed by atoms with Gasteiger partial charge in [-0.3, -0.25) is 14.8 Å². The molecule has 2 aliphatic rings. The van der Waals surface area contributed by atoms with Crippen molar-refractivity contribution in [2.24, 2.45) is 9.98 Å². The Bertz CT molecular complexity index is 837. The first-order valence-corrected chi connectivity index (χ1v) is 8.38. The van der Waals surface area contributed by atoms with Gasteiger partial charge in [0.1, 0.15) is 11.7 Å². The third-order valence-electron chi connectivity index (χ3n) is 4.19. The zero-order valence-corrected chi connectivity index (χ0v) is 13.7. The Labute approximate surface area is 146 Å². The molecule has 0 bridgehead atoms. The van der Waals surface area contributed by atoms with Gasteiger partial charge in [0.2, 0.25) is 0 Å². The van der Waals surface area contributed by atoms with E-state index in [0.29, 0.717) is 5.56 Å². The van der Waals surface area contributed by atoms with Crippen molar-refractivity contribution in [2.45, 2.75) is 0 Å². The maximum Gasteiger partial charge on any atom is 0.255 e. The zero-order chi connectivity index (χ0) is 17.1. The van der Waals surface area contributed by atoms with Crippen LogP contribution in [0.15, 0.2) is 58.5 Å². The number of rotatable bonds is 4. The van der Waals surface area contributed by atoms with E-state index in [4.69, 9.17) is 0 Å². The van der Waals surface area contributed by atoms with E-state index in [1.165, 1.54) is 0 Å². The summed E-state index contributed by atoms with van der Waals surface area (Å²) in [6.45, 7) is 3.36. The van der Waals surface area contributed by atoms with Gasteiger partial charge in [0.15, 0.2) is 0 Å². The normalized spacial score (nSPS) is 15.8. The Morgan fingerprint density at radius 1 is 0.800 bits per heavy atom. The lowest BCUT2D eigenvalue weighted by atomic mass is 10.1. The molecular formula is C19H19N5O. The second-order valence-electron chi connectivity index (χ2n) is 5.92. The molecule has 25 heavy (non-hydrogen) atoms. The molecule has 0 aliphatic carbocycles. The maximum absolute atomic E-state index is 12.4. The van der Waals surface area contributed by atoms with Crippen LogP contribution in [0.25, 0.3) is 0 Å². The summed E-state index contributed by atoms with van der Waals surface area (Å²) >= 11 is 0. The van der Waals surface area contributed by atoms with Crippen molar-refractivity contribution in [3.8, 4) is 0 Å². The van der Waals surface area contributed by atoms with E-state index in [9.17, 15) is 4.79 Å². The summed E-state index contributed by atoms with van der Waals surface area (Å²) in [7, 11) is 0. The molecule has 2 aliphatic heterocycles. The van der Waals surface area contributed by atoms with Gasteiger partial charge in [-0.1, -0.05) is 12.1 Å². The Morgan fingerprint density at radius 3 is 1.80 bits per heavy atom. The minimum atomic E-state index is -0.128. The Hall–Kier alpha value is -3.15. The first kappa shape index (κ1) is 15.4. The SMILES string of the molecule is O=C(Nc1ccc(C2=NCCN2)cc1)c1ccc(C2=NCCN2)cc1. The highest BCUT2D eigenvalue weighted by molar-refractivity contribution is 6.06. The fourth-order valence-corrected chi connectivity index (χ4v) is 2.88. The number of nitrogens with one attached hydrogen (secondary N) is 3. The number of benzene rings is 2. The first-order chi connectivity index (χ1) is 12.3. The van der Waals surface area contributed by atoms with Crippen molar-refractivity contribution in [3.05, 3.63) is 65.2 Å². The van der Waals surface area contributed by atoms with E-state index >= 15 is 0 Å². The number of carbonyl (C=O) groups excluding carboxylic acids is 1. The van der Waals surface area contributed by atoms with Crippen LogP contribution in [0.4, 0.5) is 5.69 Å². The standard InChI is InChI=1S/C19H19N5O/c25-19(15-3-1-13(2-4-15)17-20-9-10-21-17)24-16-7-5-14(6-8-16)18-22-11-12-23-18/h1-8H,9-12H2,(H,20,21)(H,22,23)(H,24,25). The lowest BCUT2D eigenvalue weighted by Gasteiger charge is -2.08. The quantitative estimate of drug-likeness (QED) is 0.796. The topological polar surface area (TPSA) is 77.9 Å². The van der Waals surface area contributed by atoms with Crippen molar-refractivity contribution in [3.63, 3.8) is 0 Å². The van der Waals surface area contributed by atoms with Gasteiger partial charge in [-0.05, 0) is 36.4 Å². The van der Waals surface area contributed by atoms with Gasteiger partial charge in [0.25, 0.3) is 5.91 Å². The van der Waals surface area contributed by atoms with E-state index in [1.54, 1.807) is 0 Å². The van der Waals surface area contributed by atoms with E-state index in [-0.39, 0.29) is 5.91 Å². The van der Waals surface area contributed by atoms with Crippen LogP contribution in [0, 0.1) is 0 Å². The highest BCUT2D eigenvalue weighted by Crippen LogP contribution is 2.13. The molecule has 0 aromatic heterocycles. The average Bonchev–Trinajstić information content (AvgIpc) is 3.36.